The molecule has 0 saturated heterocycles. The van der Waals surface area contributed by atoms with Gasteiger partial charge in [0.15, 0.2) is 5.82 Å². The number of aryl methyl sites for hydroxylation is 2. The van der Waals surface area contributed by atoms with E-state index in [0.717, 1.165) is 0 Å². The summed E-state index contributed by atoms with van der Waals surface area (Å²) >= 11 is 0. The van der Waals surface area contributed by atoms with Gasteiger partial charge in [-0.2, -0.15) is 4.98 Å². The fourth-order valence-electron chi connectivity index (χ4n) is 1.87. The Morgan fingerprint density at radius 1 is 1.32 bits per heavy atom. The molecule has 2 N–H and O–H groups in total. The number of halogens is 1. The molecule has 0 fully saturated rings. The van der Waals surface area contributed by atoms with Crippen molar-refractivity contribution in [2.24, 2.45) is 5.73 Å². The first-order chi connectivity index (χ1) is 8.60. The predicted molar refractivity (Wildman–Crippen MR) is 77.5 cm³/mol. The molecule has 1 aromatic carbocycles. The van der Waals surface area contributed by atoms with Gasteiger partial charge in [-0.15, -0.1) is 12.4 Å². The molecule has 104 valence electrons. The van der Waals surface area contributed by atoms with Crippen LogP contribution in [0.1, 0.15) is 22.8 Å². The first kappa shape index (κ1) is 15.5. The third kappa shape index (κ3) is 3.68. The van der Waals surface area contributed by atoms with E-state index in [1.807, 2.05) is 7.05 Å². The lowest BCUT2D eigenvalue weighted by atomic mass is 10.1. The van der Waals surface area contributed by atoms with Gasteiger partial charge >= 0.3 is 0 Å². The molecular formula is C13H19ClN4O. The van der Waals surface area contributed by atoms with Crippen LogP contribution < -0.4 is 10.6 Å². The number of aromatic nitrogens is 2. The fourth-order valence-corrected chi connectivity index (χ4v) is 1.87. The number of rotatable bonds is 4. The zero-order valence-corrected chi connectivity index (χ0v) is 12.2. The van der Waals surface area contributed by atoms with Crippen LogP contribution in [0.4, 0.5) is 5.69 Å². The molecule has 19 heavy (non-hydrogen) atoms. The molecule has 6 heteroatoms. The molecular weight excluding hydrogens is 264 g/mol. The van der Waals surface area contributed by atoms with E-state index in [9.17, 15) is 0 Å². The number of benzene rings is 1. The first-order valence-electron chi connectivity index (χ1n) is 5.90. The minimum atomic E-state index is 0. The van der Waals surface area contributed by atoms with Crippen molar-refractivity contribution in [3.63, 3.8) is 0 Å². The van der Waals surface area contributed by atoms with E-state index in [-0.39, 0.29) is 19.0 Å². The minimum Gasteiger partial charge on any atom is -0.367 e. The first-order valence-corrected chi connectivity index (χ1v) is 5.90. The van der Waals surface area contributed by atoms with Gasteiger partial charge in [0.05, 0.1) is 13.1 Å². The maximum Gasteiger partial charge on any atom is 0.240 e. The molecule has 0 aliphatic heterocycles. The normalized spacial score (nSPS) is 10.1. The summed E-state index contributed by atoms with van der Waals surface area (Å²) in [5.74, 6) is 1.12. The van der Waals surface area contributed by atoms with Crippen LogP contribution in [0.25, 0.3) is 0 Å². The van der Waals surface area contributed by atoms with E-state index in [4.69, 9.17) is 10.3 Å². The van der Waals surface area contributed by atoms with E-state index in [1.54, 1.807) is 0 Å². The Kier molecular flexibility index (Phi) is 5.32. The van der Waals surface area contributed by atoms with Crippen molar-refractivity contribution < 1.29 is 4.52 Å². The Labute approximate surface area is 119 Å². The molecule has 0 atom stereocenters. The number of nitrogens with zero attached hydrogens (tertiary/aromatic N) is 3. The van der Waals surface area contributed by atoms with Crippen molar-refractivity contribution in [3.8, 4) is 0 Å². The van der Waals surface area contributed by atoms with E-state index in [2.05, 4.69) is 47.1 Å². The maximum atomic E-state index is 5.44. The van der Waals surface area contributed by atoms with E-state index < -0.39 is 0 Å². The van der Waals surface area contributed by atoms with E-state index in [1.165, 1.54) is 16.8 Å². The van der Waals surface area contributed by atoms with Crippen molar-refractivity contribution in [2.75, 3.05) is 11.9 Å². The van der Waals surface area contributed by atoms with Crippen LogP contribution in [0.15, 0.2) is 22.7 Å². The van der Waals surface area contributed by atoms with Crippen molar-refractivity contribution in [2.45, 2.75) is 26.9 Å². The summed E-state index contributed by atoms with van der Waals surface area (Å²) in [6.45, 7) is 5.05. The highest BCUT2D eigenvalue weighted by molar-refractivity contribution is 5.85. The molecule has 5 nitrogen and oxygen atoms in total. The molecule has 1 heterocycles. The molecule has 0 unspecified atom stereocenters. The molecule has 0 spiro atoms. The van der Waals surface area contributed by atoms with Crippen LogP contribution in [-0.4, -0.2) is 17.2 Å². The number of nitrogens with two attached hydrogens (primary N) is 1. The molecule has 0 radical (unpaired) electrons. The lowest BCUT2D eigenvalue weighted by molar-refractivity contribution is 0.374. The third-order valence-electron chi connectivity index (χ3n) is 2.84. The number of hydrogen-bond acceptors (Lipinski definition) is 5. The molecule has 0 amide bonds. The SMILES string of the molecule is Cc1ccc(C)c(N(C)Cc2noc(CN)n2)c1.Cl. The summed E-state index contributed by atoms with van der Waals surface area (Å²) in [7, 11) is 2.01. The predicted octanol–water partition coefficient (Wildman–Crippen LogP) is 2.20. The van der Waals surface area contributed by atoms with Crippen molar-refractivity contribution in [1.82, 2.24) is 10.1 Å². The summed E-state index contributed by atoms with van der Waals surface area (Å²) < 4.78 is 4.99. The second kappa shape index (κ2) is 6.54. The van der Waals surface area contributed by atoms with E-state index in [0.29, 0.717) is 18.3 Å². The summed E-state index contributed by atoms with van der Waals surface area (Å²) in [6.07, 6.45) is 0. The Balaban J connectivity index is 0.00000180. The average Bonchev–Trinajstić information content (AvgIpc) is 2.80. The van der Waals surface area contributed by atoms with Crippen molar-refractivity contribution in [3.05, 3.63) is 41.0 Å². The van der Waals surface area contributed by atoms with Gasteiger partial charge in [0.25, 0.3) is 0 Å². The monoisotopic (exact) mass is 282 g/mol. The zero-order chi connectivity index (χ0) is 13.1. The van der Waals surface area contributed by atoms with Gasteiger partial charge in [-0.25, -0.2) is 0 Å². The number of anilines is 1. The summed E-state index contributed by atoms with van der Waals surface area (Å²) in [5, 5.41) is 3.90. The smallest absolute Gasteiger partial charge is 0.240 e. The van der Waals surface area contributed by atoms with Gasteiger partial charge in [0.2, 0.25) is 5.89 Å². The van der Waals surface area contributed by atoms with Crippen molar-refractivity contribution >= 4 is 18.1 Å². The van der Waals surface area contributed by atoms with E-state index >= 15 is 0 Å². The van der Waals surface area contributed by atoms with Crippen molar-refractivity contribution in [1.29, 1.82) is 0 Å². The van der Waals surface area contributed by atoms with Gasteiger partial charge < -0.3 is 15.2 Å². The highest BCUT2D eigenvalue weighted by atomic mass is 35.5. The van der Waals surface area contributed by atoms with Crippen LogP contribution in [-0.2, 0) is 13.1 Å². The zero-order valence-electron chi connectivity index (χ0n) is 11.4. The van der Waals surface area contributed by atoms with Gasteiger partial charge in [0, 0.05) is 12.7 Å². The topological polar surface area (TPSA) is 68.2 Å². The van der Waals surface area contributed by atoms with Gasteiger partial charge in [-0.05, 0) is 31.0 Å². The second-order valence-corrected chi connectivity index (χ2v) is 4.45. The fraction of sp³-hybridized carbons (Fsp3) is 0.385. The number of hydrogen-bond donors (Lipinski definition) is 1. The Bertz CT molecular complexity index is 541. The molecule has 1 aromatic heterocycles. The molecule has 2 aromatic rings. The summed E-state index contributed by atoms with van der Waals surface area (Å²) in [4.78, 5) is 6.31. The molecule has 0 saturated carbocycles. The minimum absolute atomic E-state index is 0. The Morgan fingerprint density at radius 3 is 2.68 bits per heavy atom. The maximum absolute atomic E-state index is 5.44. The van der Waals surface area contributed by atoms with Crippen LogP contribution >= 0.6 is 12.4 Å². The lowest BCUT2D eigenvalue weighted by Crippen LogP contribution is -2.18. The highest BCUT2D eigenvalue weighted by Crippen LogP contribution is 2.21. The summed E-state index contributed by atoms with van der Waals surface area (Å²) in [6, 6.07) is 6.37. The van der Waals surface area contributed by atoms with Crippen LogP contribution in [0, 0.1) is 13.8 Å². The van der Waals surface area contributed by atoms with Crippen LogP contribution in [0.2, 0.25) is 0 Å². The Hall–Kier alpha value is -1.59. The average molecular weight is 283 g/mol. The summed E-state index contributed by atoms with van der Waals surface area (Å²) in [5.41, 5.74) is 9.08. The van der Waals surface area contributed by atoms with Gasteiger partial charge in [-0.3, -0.25) is 0 Å². The van der Waals surface area contributed by atoms with Crippen LogP contribution in [0.5, 0.6) is 0 Å². The highest BCUT2D eigenvalue weighted by Gasteiger charge is 2.10. The molecule has 0 bridgehead atoms. The Morgan fingerprint density at radius 2 is 2.05 bits per heavy atom. The van der Waals surface area contributed by atoms with Gasteiger partial charge in [-0.1, -0.05) is 17.3 Å². The van der Waals surface area contributed by atoms with Crippen LogP contribution in [0.3, 0.4) is 0 Å². The quantitative estimate of drug-likeness (QED) is 0.931. The standard InChI is InChI=1S/C13H18N4O.ClH/c1-9-4-5-10(2)11(6-9)17(3)8-12-15-13(7-14)18-16-12;/h4-6H,7-8,14H2,1-3H3;1H. The molecule has 0 aliphatic rings. The third-order valence-corrected chi connectivity index (χ3v) is 2.84. The van der Waals surface area contributed by atoms with Gasteiger partial charge in [0.1, 0.15) is 0 Å². The molecule has 2 rings (SSSR count). The molecule has 0 aliphatic carbocycles. The lowest BCUT2D eigenvalue weighted by Gasteiger charge is -2.20. The second-order valence-electron chi connectivity index (χ2n) is 4.45. The largest absolute Gasteiger partial charge is 0.367 e.